The van der Waals surface area contributed by atoms with E-state index in [4.69, 9.17) is 10.5 Å². The number of likely N-dealkylation sites (N-methyl/N-ethyl adjacent to an activating group) is 2. The third-order valence-electron chi connectivity index (χ3n) is 4.81. The summed E-state index contributed by atoms with van der Waals surface area (Å²) in [5.74, 6) is 0.791. The number of nitrogens with two attached hydrogens (primary N) is 1. The molecule has 2 heterocycles. The smallest absolute Gasteiger partial charge is 0.0469 e. The number of rotatable bonds is 4. The maximum absolute atomic E-state index is 6.11. The van der Waals surface area contributed by atoms with Crippen LogP contribution in [0.5, 0.6) is 0 Å². The number of piperidine rings is 1. The van der Waals surface area contributed by atoms with Crippen LogP contribution in [0.3, 0.4) is 0 Å². The van der Waals surface area contributed by atoms with Crippen molar-refractivity contribution < 1.29 is 4.74 Å². The van der Waals surface area contributed by atoms with Crippen LogP contribution in [0.15, 0.2) is 0 Å². The first-order valence-corrected chi connectivity index (χ1v) is 7.34. The van der Waals surface area contributed by atoms with Crippen LogP contribution in [0, 0.1) is 5.92 Å². The number of likely N-dealkylation sites (tertiary alicyclic amines) is 1. The van der Waals surface area contributed by atoms with Gasteiger partial charge in [0, 0.05) is 38.4 Å². The largest absolute Gasteiger partial charge is 0.381 e. The first kappa shape index (κ1) is 14.3. The van der Waals surface area contributed by atoms with Gasteiger partial charge in [0.05, 0.1) is 0 Å². The zero-order valence-electron chi connectivity index (χ0n) is 12.0. The third-order valence-corrected chi connectivity index (χ3v) is 4.81. The van der Waals surface area contributed by atoms with Gasteiger partial charge in [0.25, 0.3) is 0 Å². The molecule has 0 amide bonds. The monoisotopic (exact) mass is 255 g/mol. The first-order chi connectivity index (χ1) is 8.66. The second-order valence-electron chi connectivity index (χ2n) is 6.21. The summed E-state index contributed by atoms with van der Waals surface area (Å²) in [4.78, 5) is 4.97. The second kappa shape index (κ2) is 6.33. The average molecular weight is 255 g/mol. The highest BCUT2D eigenvalue weighted by Crippen LogP contribution is 2.27. The summed E-state index contributed by atoms with van der Waals surface area (Å²) >= 11 is 0. The van der Waals surface area contributed by atoms with Gasteiger partial charge in [-0.25, -0.2) is 0 Å². The molecule has 0 spiro atoms. The van der Waals surface area contributed by atoms with Gasteiger partial charge in [-0.05, 0) is 52.2 Å². The Kier molecular flexibility index (Phi) is 5.01. The Balaban J connectivity index is 1.93. The molecule has 2 N–H and O–H groups in total. The summed E-state index contributed by atoms with van der Waals surface area (Å²) in [7, 11) is 4.48. The van der Waals surface area contributed by atoms with E-state index in [1.807, 2.05) is 0 Å². The van der Waals surface area contributed by atoms with Gasteiger partial charge in [-0.3, -0.25) is 4.90 Å². The number of hydrogen-bond acceptors (Lipinski definition) is 4. The van der Waals surface area contributed by atoms with E-state index >= 15 is 0 Å². The highest BCUT2D eigenvalue weighted by Gasteiger charge is 2.37. The molecule has 2 aliphatic rings. The minimum atomic E-state index is 0.200. The van der Waals surface area contributed by atoms with E-state index in [1.165, 1.54) is 38.8 Å². The van der Waals surface area contributed by atoms with Gasteiger partial charge in [-0.2, -0.15) is 0 Å². The first-order valence-electron chi connectivity index (χ1n) is 7.34. The molecule has 1 atom stereocenters. The third kappa shape index (κ3) is 3.23. The molecule has 0 bridgehead atoms. The predicted octanol–water partition coefficient (Wildman–Crippen LogP) is 0.768. The number of ether oxygens (including phenoxy) is 1. The number of nitrogens with zero attached hydrogens (tertiary/aromatic N) is 2. The molecule has 0 aromatic rings. The molecule has 2 saturated heterocycles. The Morgan fingerprint density at radius 3 is 2.72 bits per heavy atom. The van der Waals surface area contributed by atoms with E-state index < -0.39 is 0 Å². The van der Waals surface area contributed by atoms with Crippen LogP contribution in [0.4, 0.5) is 0 Å². The summed E-state index contributed by atoms with van der Waals surface area (Å²) in [6.07, 6.45) is 4.93. The normalized spacial score (nSPS) is 32.0. The van der Waals surface area contributed by atoms with E-state index in [2.05, 4.69) is 23.9 Å². The van der Waals surface area contributed by atoms with Crippen molar-refractivity contribution in [2.45, 2.75) is 31.2 Å². The Hall–Kier alpha value is -0.160. The molecular weight excluding hydrogens is 226 g/mol. The lowest BCUT2D eigenvalue weighted by Gasteiger charge is -2.48. The van der Waals surface area contributed by atoms with Gasteiger partial charge in [0.2, 0.25) is 0 Å². The summed E-state index contributed by atoms with van der Waals surface area (Å²) < 4.78 is 5.44. The SMILES string of the molecule is CN1CCCC(CN)(N(C)CC2CCOCC2)C1. The Bertz CT molecular complexity index is 255. The van der Waals surface area contributed by atoms with E-state index in [1.54, 1.807) is 0 Å². The van der Waals surface area contributed by atoms with Crippen molar-refractivity contribution in [2.75, 3.05) is 53.5 Å². The molecule has 2 aliphatic heterocycles. The predicted molar refractivity (Wildman–Crippen MR) is 74.7 cm³/mol. The van der Waals surface area contributed by atoms with Gasteiger partial charge >= 0.3 is 0 Å². The Morgan fingerprint density at radius 1 is 1.39 bits per heavy atom. The van der Waals surface area contributed by atoms with Crippen LogP contribution in [-0.4, -0.2) is 68.8 Å². The van der Waals surface area contributed by atoms with Crippen LogP contribution in [0.25, 0.3) is 0 Å². The van der Waals surface area contributed by atoms with Crippen molar-refractivity contribution in [1.29, 1.82) is 0 Å². The zero-order chi connectivity index (χ0) is 13.0. The molecule has 1 unspecified atom stereocenters. The molecule has 2 fully saturated rings. The van der Waals surface area contributed by atoms with Crippen LogP contribution in [0.2, 0.25) is 0 Å². The fourth-order valence-corrected chi connectivity index (χ4v) is 3.48. The fraction of sp³-hybridized carbons (Fsp3) is 1.00. The van der Waals surface area contributed by atoms with Gasteiger partial charge in [-0.1, -0.05) is 0 Å². The molecule has 0 saturated carbocycles. The highest BCUT2D eigenvalue weighted by molar-refractivity contribution is 4.96. The molecule has 0 aliphatic carbocycles. The molecule has 18 heavy (non-hydrogen) atoms. The molecular formula is C14H29N3O. The summed E-state index contributed by atoms with van der Waals surface area (Å²) in [5.41, 5.74) is 6.31. The lowest BCUT2D eigenvalue weighted by molar-refractivity contribution is 0.00801. The number of hydrogen-bond donors (Lipinski definition) is 1. The topological polar surface area (TPSA) is 41.7 Å². The van der Waals surface area contributed by atoms with Crippen molar-refractivity contribution in [2.24, 2.45) is 11.7 Å². The average Bonchev–Trinajstić information content (AvgIpc) is 2.39. The lowest BCUT2D eigenvalue weighted by atomic mass is 9.86. The summed E-state index contributed by atoms with van der Waals surface area (Å²) in [6, 6.07) is 0. The molecule has 106 valence electrons. The van der Waals surface area contributed by atoms with Crippen molar-refractivity contribution in [3.05, 3.63) is 0 Å². The highest BCUT2D eigenvalue weighted by atomic mass is 16.5. The second-order valence-corrected chi connectivity index (χ2v) is 6.21. The van der Waals surface area contributed by atoms with Gasteiger partial charge in [-0.15, -0.1) is 0 Å². The van der Waals surface area contributed by atoms with E-state index in [0.29, 0.717) is 0 Å². The van der Waals surface area contributed by atoms with Crippen LogP contribution >= 0.6 is 0 Å². The van der Waals surface area contributed by atoms with E-state index in [9.17, 15) is 0 Å². The van der Waals surface area contributed by atoms with Crippen molar-refractivity contribution in [3.8, 4) is 0 Å². The van der Waals surface area contributed by atoms with Gasteiger partial charge < -0.3 is 15.4 Å². The standard InChI is InChI=1S/C14H29N3O/c1-16-7-3-6-14(11-15,12-16)17(2)10-13-4-8-18-9-5-13/h13H,3-12,15H2,1-2H3. The summed E-state index contributed by atoms with van der Waals surface area (Å²) in [6.45, 7) is 6.16. The minimum absolute atomic E-state index is 0.200. The van der Waals surface area contributed by atoms with Crippen LogP contribution < -0.4 is 5.73 Å². The Labute approximate surface area is 111 Å². The molecule has 0 aromatic heterocycles. The molecule has 0 radical (unpaired) electrons. The van der Waals surface area contributed by atoms with Crippen molar-refractivity contribution in [1.82, 2.24) is 9.80 Å². The maximum atomic E-state index is 6.11. The van der Waals surface area contributed by atoms with Gasteiger partial charge in [0.15, 0.2) is 0 Å². The summed E-state index contributed by atoms with van der Waals surface area (Å²) in [5, 5.41) is 0. The Morgan fingerprint density at radius 2 is 2.11 bits per heavy atom. The van der Waals surface area contributed by atoms with Crippen molar-refractivity contribution >= 4 is 0 Å². The molecule has 2 rings (SSSR count). The van der Waals surface area contributed by atoms with Crippen LogP contribution in [-0.2, 0) is 4.74 Å². The lowest BCUT2D eigenvalue weighted by Crippen LogP contribution is -2.61. The van der Waals surface area contributed by atoms with E-state index in [0.717, 1.165) is 32.2 Å². The zero-order valence-corrected chi connectivity index (χ0v) is 12.0. The minimum Gasteiger partial charge on any atom is -0.381 e. The molecule has 4 nitrogen and oxygen atoms in total. The van der Waals surface area contributed by atoms with E-state index in [-0.39, 0.29) is 5.54 Å². The molecule has 4 heteroatoms. The maximum Gasteiger partial charge on any atom is 0.0469 e. The molecule has 0 aromatic carbocycles. The quantitative estimate of drug-likeness (QED) is 0.805. The van der Waals surface area contributed by atoms with Crippen molar-refractivity contribution in [3.63, 3.8) is 0 Å². The van der Waals surface area contributed by atoms with Gasteiger partial charge in [0.1, 0.15) is 0 Å². The fourth-order valence-electron chi connectivity index (χ4n) is 3.48. The van der Waals surface area contributed by atoms with Crippen LogP contribution in [0.1, 0.15) is 25.7 Å².